The number of nitrogens with zero attached hydrogens (tertiary/aromatic N) is 2. The van der Waals surface area contributed by atoms with Crippen molar-refractivity contribution in [3.63, 3.8) is 0 Å². The lowest BCUT2D eigenvalue weighted by Gasteiger charge is -2.36. The third-order valence-corrected chi connectivity index (χ3v) is 6.57. The number of anilines is 1. The maximum atomic E-state index is 12.8. The minimum Gasteiger partial charge on any atom is -0.493 e. The molecule has 7 heteroatoms. The summed E-state index contributed by atoms with van der Waals surface area (Å²) in [6, 6.07) is 23.3. The minimum atomic E-state index is -0.414. The number of benzene rings is 3. The van der Waals surface area contributed by atoms with E-state index in [4.69, 9.17) is 18.6 Å². The molecule has 0 spiro atoms. The van der Waals surface area contributed by atoms with E-state index in [-0.39, 0.29) is 0 Å². The van der Waals surface area contributed by atoms with Crippen molar-refractivity contribution >= 4 is 16.7 Å². The molecule has 7 nitrogen and oxygen atoms in total. The number of para-hydroxylation sites is 1. The van der Waals surface area contributed by atoms with Gasteiger partial charge >= 0.3 is 5.63 Å². The Kier molecular flexibility index (Phi) is 7.09. The number of rotatable bonds is 8. The van der Waals surface area contributed by atoms with Gasteiger partial charge in [-0.3, -0.25) is 4.90 Å². The summed E-state index contributed by atoms with van der Waals surface area (Å²) in [5, 5.41) is 0.823. The van der Waals surface area contributed by atoms with Crippen LogP contribution in [0.5, 0.6) is 17.2 Å². The summed E-state index contributed by atoms with van der Waals surface area (Å²) in [6.45, 7) is 5.45. The van der Waals surface area contributed by atoms with Gasteiger partial charge < -0.3 is 23.5 Å². The first-order chi connectivity index (χ1) is 17.6. The van der Waals surface area contributed by atoms with E-state index < -0.39 is 5.63 Å². The Morgan fingerprint density at radius 2 is 1.61 bits per heavy atom. The summed E-state index contributed by atoms with van der Waals surface area (Å²) < 4.78 is 22.3. The molecule has 186 valence electrons. The Bertz CT molecular complexity index is 1380. The molecular formula is C29H30N2O5. The molecule has 2 heterocycles. The highest BCUT2D eigenvalue weighted by molar-refractivity contribution is 5.83. The highest BCUT2D eigenvalue weighted by Crippen LogP contribution is 2.32. The van der Waals surface area contributed by atoms with Crippen LogP contribution in [0.1, 0.15) is 0 Å². The highest BCUT2D eigenvalue weighted by atomic mass is 16.5. The van der Waals surface area contributed by atoms with Gasteiger partial charge in [0.25, 0.3) is 0 Å². The molecule has 1 aliphatic heterocycles. The zero-order valence-corrected chi connectivity index (χ0v) is 20.6. The highest BCUT2D eigenvalue weighted by Gasteiger charge is 2.17. The summed E-state index contributed by atoms with van der Waals surface area (Å²) in [5.41, 5.74) is 2.53. The van der Waals surface area contributed by atoms with E-state index in [1.807, 2.05) is 30.3 Å². The van der Waals surface area contributed by atoms with E-state index in [9.17, 15) is 4.79 Å². The van der Waals surface area contributed by atoms with Gasteiger partial charge in [-0.1, -0.05) is 24.3 Å². The van der Waals surface area contributed by atoms with Crippen LogP contribution >= 0.6 is 0 Å². The Balaban J connectivity index is 1.21. The average molecular weight is 487 g/mol. The monoisotopic (exact) mass is 486 g/mol. The number of methoxy groups -OCH3 is 2. The summed E-state index contributed by atoms with van der Waals surface area (Å²) in [7, 11) is 3.14. The predicted octanol–water partition coefficient (Wildman–Crippen LogP) is 4.68. The van der Waals surface area contributed by atoms with Crippen molar-refractivity contribution in [2.45, 2.75) is 0 Å². The third-order valence-electron chi connectivity index (χ3n) is 6.57. The summed E-state index contributed by atoms with van der Waals surface area (Å²) in [6.07, 6.45) is 0. The van der Waals surface area contributed by atoms with Crippen LogP contribution in [0.3, 0.4) is 0 Å². The van der Waals surface area contributed by atoms with Crippen LogP contribution in [0.2, 0.25) is 0 Å². The molecule has 1 aromatic heterocycles. The van der Waals surface area contributed by atoms with Gasteiger partial charge in [0.1, 0.15) is 17.9 Å². The molecule has 0 saturated carbocycles. The first-order valence-electron chi connectivity index (χ1n) is 12.1. The van der Waals surface area contributed by atoms with Crippen LogP contribution in [0.4, 0.5) is 5.69 Å². The second kappa shape index (κ2) is 10.7. The van der Waals surface area contributed by atoms with Gasteiger partial charge in [0.15, 0.2) is 11.5 Å². The molecule has 4 aromatic rings. The molecule has 0 atom stereocenters. The van der Waals surface area contributed by atoms with Crippen LogP contribution < -0.4 is 24.7 Å². The zero-order valence-electron chi connectivity index (χ0n) is 20.6. The lowest BCUT2D eigenvalue weighted by atomic mass is 10.1. The minimum absolute atomic E-state index is 0.414. The van der Waals surface area contributed by atoms with E-state index in [0.29, 0.717) is 40.6 Å². The fourth-order valence-corrected chi connectivity index (χ4v) is 4.55. The number of ether oxygens (including phenoxy) is 3. The fraction of sp³-hybridized carbons (Fsp3) is 0.276. The molecule has 0 amide bonds. The molecule has 1 fully saturated rings. The van der Waals surface area contributed by atoms with Crippen LogP contribution in [-0.2, 0) is 0 Å². The van der Waals surface area contributed by atoms with Gasteiger partial charge in [-0.15, -0.1) is 0 Å². The van der Waals surface area contributed by atoms with Crippen molar-refractivity contribution in [1.82, 2.24) is 4.90 Å². The third kappa shape index (κ3) is 5.16. The van der Waals surface area contributed by atoms with Gasteiger partial charge in [0.05, 0.1) is 19.8 Å². The molecule has 0 unspecified atom stereocenters. The van der Waals surface area contributed by atoms with E-state index in [1.165, 1.54) is 5.69 Å². The Hall–Kier alpha value is -3.97. The summed E-state index contributed by atoms with van der Waals surface area (Å²) >= 11 is 0. The van der Waals surface area contributed by atoms with Crippen molar-refractivity contribution in [3.05, 3.63) is 83.2 Å². The molecule has 1 aliphatic rings. The Morgan fingerprint density at radius 1 is 0.833 bits per heavy atom. The molecule has 36 heavy (non-hydrogen) atoms. The topological polar surface area (TPSA) is 64.4 Å². The molecule has 0 aliphatic carbocycles. The van der Waals surface area contributed by atoms with Crippen LogP contribution in [0.15, 0.2) is 82.0 Å². The van der Waals surface area contributed by atoms with Gasteiger partial charge in [-0.25, -0.2) is 4.79 Å². The van der Waals surface area contributed by atoms with Crippen LogP contribution in [0, 0.1) is 0 Å². The van der Waals surface area contributed by atoms with E-state index >= 15 is 0 Å². The Morgan fingerprint density at radius 3 is 2.36 bits per heavy atom. The quantitative estimate of drug-likeness (QED) is 0.335. The summed E-state index contributed by atoms with van der Waals surface area (Å²) in [5.74, 6) is 1.85. The van der Waals surface area contributed by atoms with E-state index in [2.05, 4.69) is 34.1 Å². The van der Waals surface area contributed by atoms with Gasteiger partial charge in [-0.2, -0.15) is 0 Å². The Labute approximate surface area is 210 Å². The number of fused-ring (bicyclic) bond motifs is 1. The van der Waals surface area contributed by atoms with E-state index in [1.54, 1.807) is 32.4 Å². The first-order valence-corrected chi connectivity index (χ1v) is 12.1. The number of piperazine rings is 1. The summed E-state index contributed by atoms with van der Waals surface area (Å²) in [4.78, 5) is 17.6. The molecule has 0 radical (unpaired) electrons. The van der Waals surface area contributed by atoms with Gasteiger partial charge in [0.2, 0.25) is 0 Å². The molecule has 0 N–H and O–H groups in total. The SMILES string of the molecule is COc1ccc(-c2cc3ccc(OCCN4CCN(c5ccccc5)CC4)cc3oc2=O)cc1OC. The maximum Gasteiger partial charge on any atom is 0.344 e. The van der Waals surface area contributed by atoms with Crippen molar-refractivity contribution in [2.75, 3.05) is 58.5 Å². The lowest BCUT2D eigenvalue weighted by Crippen LogP contribution is -2.47. The van der Waals surface area contributed by atoms with Crippen LogP contribution in [-0.4, -0.2) is 58.5 Å². The van der Waals surface area contributed by atoms with Gasteiger partial charge in [-0.05, 0) is 48.0 Å². The lowest BCUT2D eigenvalue weighted by molar-refractivity contribution is 0.200. The molecular weight excluding hydrogens is 456 g/mol. The number of hydrogen-bond acceptors (Lipinski definition) is 7. The van der Waals surface area contributed by atoms with Crippen LogP contribution in [0.25, 0.3) is 22.1 Å². The number of hydrogen-bond donors (Lipinski definition) is 0. The second-order valence-corrected chi connectivity index (χ2v) is 8.73. The largest absolute Gasteiger partial charge is 0.493 e. The zero-order chi connectivity index (χ0) is 24.9. The molecule has 3 aromatic carbocycles. The van der Waals surface area contributed by atoms with Crippen molar-refractivity contribution in [3.8, 4) is 28.4 Å². The van der Waals surface area contributed by atoms with Gasteiger partial charge in [0, 0.05) is 49.9 Å². The smallest absolute Gasteiger partial charge is 0.344 e. The van der Waals surface area contributed by atoms with E-state index in [0.717, 1.165) is 38.1 Å². The first kappa shape index (κ1) is 23.8. The molecule has 0 bridgehead atoms. The van der Waals surface area contributed by atoms with Crippen molar-refractivity contribution in [1.29, 1.82) is 0 Å². The van der Waals surface area contributed by atoms with Crippen molar-refractivity contribution < 1.29 is 18.6 Å². The maximum absolute atomic E-state index is 12.8. The average Bonchev–Trinajstić information content (AvgIpc) is 2.93. The molecule has 5 rings (SSSR count). The van der Waals surface area contributed by atoms with Crippen molar-refractivity contribution in [2.24, 2.45) is 0 Å². The fourth-order valence-electron chi connectivity index (χ4n) is 4.55. The molecule has 1 saturated heterocycles. The standard InChI is InChI=1S/C29H30N2O5/c1-33-26-11-9-21(19-28(26)34-2)25-18-22-8-10-24(20-27(22)36-29(25)32)35-17-16-30-12-14-31(15-13-30)23-6-4-3-5-7-23/h3-11,18-20H,12-17H2,1-2H3. The normalized spacial score (nSPS) is 14.1. The second-order valence-electron chi connectivity index (χ2n) is 8.73. The predicted molar refractivity (Wildman–Crippen MR) is 142 cm³/mol.